The molecule has 2 aromatic heterocycles. The number of benzene rings is 1. The number of halogens is 1. The number of hydrogen-bond acceptors (Lipinski definition) is 6. The number of thioether (sulfide) groups is 1. The third kappa shape index (κ3) is 4.78. The summed E-state index contributed by atoms with van der Waals surface area (Å²) in [4.78, 5) is 35.3. The number of nitrogens with one attached hydrogen (secondary N) is 2. The number of fused-ring (bicyclic) bond motifs is 1. The quantitative estimate of drug-likeness (QED) is 0.483. The first-order valence-corrected chi connectivity index (χ1v) is 9.35. The molecular formula is C18H17ClN4O3S. The molecule has 7 nitrogen and oxygen atoms in total. The largest absolute Gasteiger partial charge is 0.465 e. The van der Waals surface area contributed by atoms with Crippen molar-refractivity contribution in [1.29, 1.82) is 0 Å². The molecule has 0 aliphatic heterocycles. The Kier molecular flexibility index (Phi) is 5.98. The van der Waals surface area contributed by atoms with Crippen LogP contribution >= 0.6 is 23.4 Å². The van der Waals surface area contributed by atoms with Crippen LogP contribution in [0.25, 0.3) is 11.2 Å². The van der Waals surface area contributed by atoms with Gasteiger partial charge in [0.05, 0.1) is 28.5 Å². The van der Waals surface area contributed by atoms with Crippen LogP contribution in [0.15, 0.2) is 41.7 Å². The van der Waals surface area contributed by atoms with Crippen LogP contribution < -0.4 is 5.32 Å². The molecule has 0 bridgehead atoms. The molecule has 2 heterocycles. The number of H-pyrrole nitrogens is 1. The van der Waals surface area contributed by atoms with Gasteiger partial charge in [0.1, 0.15) is 0 Å². The fourth-order valence-corrected chi connectivity index (χ4v) is 3.33. The van der Waals surface area contributed by atoms with E-state index in [-0.39, 0.29) is 11.2 Å². The Labute approximate surface area is 164 Å². The molecule has 1 amide bonds. The summed E-state index contributed by atoms with van der Waals surface area (Å²) in [5, 5.41) is 3.64. The number of esters is 1. The van der Waals surface area contributed by atoms with Crippen molar-refractivity contribution in [3.05, 3.63) is 52.7 Å². The second kappa shape index (κ2) is 8.41. The van der Waals surface area contributed by atoms with Gasteiger partial charge in [0.15, 0.2) is 10.8 Å². The second-order valence-electron chi connectivity index (χ2n) is 5.73. The molecule has 0 spiro atoms. The number of carbonyl (C=O) groups is 2. The number of nitrogens with zero attached hydrogens (tertiary/aromatic N) is 2. The first-order valence-electron chi connectivity index (χ1n) is 8.09. The molecule has 1 atom stereocenters. The molecule has 0 saturated carbocycles. The Morgan fingerprint density at radius 1 is 1.33 bits per heavy atom. The molecule has 3 aromatic rings. The van der Waals surface area contributed by atoms with Gasteiger partial charge in [0, 0.05) is 12.7 Å². The van der Waals surface area contributed by atoms with Gasteiger partial charge in [-0.25, -0.2) is 14.8 Å². The first kappa shape index (κ1) is 19.2. The van der Waals surface area contributed by atoms with Crippen molar-refractivity contribution in [2.75, 3.05) is 7.11 Å². The molecule has 0 saturated heterocycles. The van der Waals surface area contributed by atoms with Gasteiger partial charge in [-0.1, -0.05) is 35.5 Å². The Morgan fingerprint density at radius 3 is 2.78 bits per heavy atom. The lowest BCUT2D eigenvalue weighted by Crippen LogP contribution is -2.30. The normalized spacial score (nSPS) is 12.0. The van der Waals surface area contributed by atoms with Gasteiger partial charge >= 0.3 is 5.97 Å². The van der Waals surface area contributed by atoms with Crippen molar-refractivity contribution in [1.82, 2.24) is 20.3 Å². The summed E-state index contributed by atoms with van der Waals surface area (Å²) in [5.74, 6) is -0.513. The Bertz CT molecular complexity index is 974. The van der Waals surface area contributed by atoms with Crippen molar-refractivity contribution < 1.29 is 14.3 Å². The summed E-state index contributed by atoms with van der Waals surface area (Å²) in [6, 6.07) is 8.62. The van der Waals surface area contributed by atoms with Gasteiger partial charge in [-0.15, -0.1) is 0 Å². The highest BCUT2D eigenvalue weighted by atomic mass is 35.5. The maximum atomic E-state index is 12.3. The van der Waals surface area contributed by atoms with E-state index in [0.29, 0.717) is 27.9 Å². The van der Waals surface area contributed by atoms with Gasteiger partial charge in [-0.3, -0.25) is 4.79 Å². The lowest BCUT2D eigenvalue weighted by Gasteiger charge is -2.10. The smallest absolute Gasteiger partial charge is 0.337 e. The van der Waals surface area contributed by atoms with E-state index in [0.717, 1.165) is 11.1 Å². The van der Waals surface area contributed by atoms with E-state index in [9.17, 15) is 9.59 Å². The molecule has 1 aromatic carbocycles. The van der Waals surface area contributed by atoms with E-state index in [1.54, 1.807) is 37.3 Å². The fourth-order valence-electron chi connectivity index (χ4n) is 2.34. The van der Waals surface area contributed by atoms with E-state index >= 15 is 0 Å². The summed E-state index contributed by atoms with van der Waals surface area (Å²) in [6.45, 7) is 2.16. The number of methoxy groups -OCH3 is 1. The standard InChI is InChI=1S/C18H17ClN4O3S/c1-10(27-18-22-14-7-13(19)9-20-15(14)23-18)16(24)21-8-11-3-5-12(6-4-11)17(25)26-2/h3-7,9-10H,8H2,1-2H3,(H,21,24)(H,20,22,23). The van der Waals surface area contributed by atoms with Crippen molar-refractivity contribution in [2.24, 2.45) is 0 Å². The van der Waals surface area contributed by atoms with E-state index in [2.05, 4.69) is 25.0 Å². The molecule has 0 radical (unpaired) electrons. The molecule has 1 unspecified atom stereocenters. The monoisotopic (exact) mass is 404 g/mol. The SMILES string of the molecule is COC(=O)c1ccc(CNC(=O)C(C)Sc2nc3ncc(Cl)cc3[nH]2)cc1. The zero-order valence-electron chi connectivity index (χ0n) is 14.7. The summed E-state index contributed by atoms with van der Waals surface area (Å²) in [5.41, 5.74) is 2.63. The summed E-state index contributed by atoms with van der Waals surface area (Å²) < 4.78 is 4.66. The van der Waals surface area contributed by atoms with Gasteiger partial charge in [0.25, 0.3) is 0 Å². The van der Waals surface area contributed by atoms with Crippen molar-refractivity contribution in [2.45, 2.75) is 23.9 Å². The third-order valence-electron chi connectivity index (χ3n) is 3.78. The van der Waals surface area contributed by atoms with Gasteiger partial charge in [-0.05, 0) is 30.7 Å². The van der Waals surface area contributed by atoms with Crippen LogP contribution in [0.5, 0.6) is 0 Å². The number of amides is 1. The lowest BCUT2D eigenvalue weighted by atomic mass is 10.1. The topological polar surface area (TPSA) is 97.0 Å². The first-order chi connectivity index (χ1) is 13.0. The summed E-state index contributed by atoms with van der Waals surface area (Å²) in [6.07, 6.45) is 1.53. The van der Waals surface area contributed by atoms with Gasteiger partial charge in [-0.2, -0.15) is 0 Å². The molecular weight excluding hydrogens is 388 g/mol. The minimum absolute atomic E-state index is 0.122. The number of rotatable bonds is 6. The minimum Gasteiger partial charge on any atom is -0.465 e. The molecule has 9 heteroatoms. The van der Waals surface area contributed by atoms with Crippen LogP contribution in [0.1, 0.15) is 22.8 Å². The molecule has 3 rings (SSSR count). The van der Waals surface area contributed by atoms with Crippen molar-refractivity contribution in [3.8, 4) is 0 Å². The number of imidazole rings is 1. The number of carbonyl (C=O) groups excluding carboxylic acids is 2. The zero-order valence-corrected chi connectivity index (χ0v) is 16.2. The number of hydrogen-bond donors (Lipinski definition) is 2. The highest BCUT2D eigenvalue weighted by Gasteiger charge is 2.17. The molecule has 2 N–H and O–H groups in total. The van der Waals surface area contributed by atoms with E-state index in [1.807, 2.05) is 0 Å². The summed E-state index contributed by atoms with van der Waals surface area (Å²) >= 11 is 7.22. The van der Waals surface area contributed by atoms with Crippen LogP contribution in [0.3, 0.4) is 0 Å². The number of aromatic nitrogens is 3. The minimum atomic E-state index is -0.391. The predicted molar refractivity (Wildman–Crippen MR) is 104 cm³/mol. The van der Waals surface area contributed by atoms with E-state index < -0.39 is 5.97 Å². The maximum Gasteiger partial charge on any atom is 0.337 e. The molecule has 27 heavy (non-hydrogen) atoms. The predicted octanol–water partition coefficient (Wildman–Crippen LogP) is 3.19. The fraction of sp³-hybridized carbons (Fsp3) is 0.222. The Balaban J connectivity index is 1.56. The van der Waals surface area contributed by atoms with Crippen LogP contribution in [-0.2, 0) is 16.1 Å². The third-order valence-corrected chi connectivity index (χ3v) is 4.97. The van der Waals surface area contributed by atoms with Gasteiger partial charge < -0.3 is 15.0 Å². The maximum absolute atomic E-state index is 12.3. The number of pyridine rings is 1. The van der Waals surface area contributed by atoms with Crippen LogP contribution in [0.2, 0.25) is 5.02 Å². The molecule has 0 aliphatic rings. The van der Waals surface area contributed by atoms with E-state index in [1.165, 1.54) is 25.1 Å². The lowest BCUT2D eigenvalue weighted by molar-refractivity contribution is -0.120. The van der Waals surface area contributed by atoms with Crippen molar-refractivity contribution in [3.63, 3.8) is 0 Å². The molecule has 140 valence electrons. The number of ether oxygens (including phenoxy) is 1. The average Bonchev–Trinajstić information content (AvgIpc) is 3.07. The Morgan fingerprint density at radius 2 is 2.07 bits per heavy atom. The Hall–Kier alpha value is -2.58. The summed E-state index contributed by atoms with van der Waals surface area (Å²) in [7, 11) is 1.34. The van der Waals surface area contributed by atoms with Crippen LogP contribution in [-0.4, -0.2) is 39.2 Å². The second-order valence-corrected chi connectivity index (χ2v) is 7.50. The molecule has 0 fully saturated rings. The number of aromatic amines is 1. The molecule has 0 aliphatic carbocycles. The van der Waals surface area contributed by atoms with Crippen LogP contribution in [0.4, 0.5) is 0 Å². The van der Waals surface area contributed by atoms with Crippen molar-refractivity contribution >= 4 is 46.4 Å². The highest BCUT2D eigenvalue weighted by molar-refractivity contribution is 8.00. The highest BCUT2D eigenvalue weighted by Crippen LogP contribution is 2.24. The zero-order chi connectivity index (χ0) is 19.4. The average molecular weight is 405 g/mol. The van der Waals surface area contributed by atoms with E-state index in [4.69, 9.17) is 11.6 Å². The van der Waals surface area contributed by atoms with Crippen LogP contribution in [0, 0.1) is 0 Å². The van der Waals surface area contributed by atoms with Gasteiger partial charge in [0.2, 0.25) is 5.91 Å².